The predicted octanol–water partition coefficient (Wildman–Crippen LogP) is 1.13. The third-order valence-corrected chi connectivity index (χ3v) is 2.26. The molecule has 0 aliphatic rings. The van der Waals surface area contributed by atoms with Crippen molar-refractivity contribution in [2.24, 2.45) is 0 Å². The molecular formula is C12H18N2O3. The van der Waals surface area contributed by atoms with E-state index in [2.05, 4.69) is 0 Å². The average molecular weight is 238 g/mol. The highest BCUT2D eigenvalue weighted by atomic mass is 16.5. The van der Waals surface area contributed by atoms with Gasteiger partial charge >= 0.3 is 0 Å². The first-order valence-electron chi connectivity index (χ1n) is 5.31. The van der Waals surface area contributed by atoms with E-state index in [1.165, 1.54) is 4.90 Å². The van der Waals surface area contributed by atoms with Crippen molar-refractivity contribution in [1.29, 1.82) is 0 Å². The third-order valence-electron chi connectivity index (χ3n) is 2.26. The summed E-state index contributed by atoms with van der Waals surface area (Å²) in [7, 11) is 4.98. The molecule has 0 unspecified atom stereocenters. The molecule has 0 spiro atoms. The lowest BCUT2D eigenvalue weighted by Gasteiger charge is -2.13. The van der Waals surface area contributed by atoms with Crippen molar-refractivity contribution >= 4 is 11.6 Å². The molecule has 1 rings (SSSR count). The van der Waals surface area contributed by atoms with Crippen molar-refractivity contribution in [2.45, 2.75) is 6.42 Å². The Balaban J connectivity index is 2.54. The molecule has 94 valence electrons. The van der Waals surface area contributed by atoms with Crippen LogP contribution < -0.4 is 15.2 Å². The third kappa shape index (κ3) is 3.86. The second kappa shape index (κ2) is 5.98. The Morgan fingerprint density at radius 1 is 1.35 bits per heavy atom. The number of methoxy groups -OCH3 is 1. The summed E-state index contributed by atoms with van der Waals surface area (Å²) in [5, 5.41) is 0. The number of hydrogen-bond acceptors (Lipinski definition) is 4. The van der Waals surface area contributed by atoms with Gasteiger partial charge in [-0.05, 0) is 12.1 Å². The molecule has 0 heterocycles. The fourth-order valence-corrected chi connectivity index (χ4v) is 1.28. The number of anilines is 1. The van der Waals surface area contributed by atoms with Crippen molar-refractivity contribution in [1.82, 2.24) is 4.90 Å². The van der Waals surface area contributed by atoms with E-state index in [0.29, 0.717) is 30.2 Å². The molecule has 5 heteroatoms. The lowest BCUT2D eigenvalue weighted by Crippen LogP contribution is -2.23. The Morgan fingerprint density at radius 3 is 2.65 bits per heavy atom. The van der Waals surface area contributed by atoms with E-state index in [1.807, 2.05) is 0 Å². The summed E-state index contributed by atoms with van der Waals surface area (Å²) < 4.78 is 10.6. The molecule has 0 atom stereocenters. The molecule has 0 aliphatic carbocycles. The van der Waals surface area contributed by atoms with Crippen LogP contribution in [0.1, 0.15) is 6.42 Å². The van der Waals surface area contributed by atoms with Crippen LogP contribution in [0.5, 0.6) is 11.5 Å². The van der Waals surface area contributed by atoms with E-state index < -0.39 is 0 Å². The first-order valence-corrected chi connectivity index (χ1v) is 5.31. The summed E-state index contributed by atoms with van der Waals surface area (Å²) in [6.07, 6.45) is 0.334. The number of nitrogens with zero attached hydrogens (tertiary/aromatic N) is 1. The van der Waals surface area contributed by atoms with Crippen LogP contribution in [0.4, 0.5) is 5.69 Å². The molecule has 1 amide bonds. The molecule has 17 heavy (non-hydrogen) atoms. The number of nitrogen functional groups attached to an aromatic ring is 1. The van der Waals surface area contributed by atoms with Gasteiger partial charge in [0.2, 0.25) is 5.91 Å². The average Bonchev–Trinajstić information content (AvgIpc) is 2.30. The van der Waals surface area contributed by atoms with E-state index in [0.717, 1.165) is 0 Å². The van der Waals surface area contributed by atoms with Crippen LogP contribution in [0.25, 0.3) is 0 Å². The summed E-state index contributed by atoms with van der Waals surface area (Å²) in [6.45, 7) is 0.317. The summed E-state index contributed by atoms with van der Waals surface area (Å²) in [5.74, 6) is 1.19. The van der Waals surface area contributed by atoms with Crippen molar-refractivity contribution in [3.8, 4) is 11.5 Å². The second-order valence-corrected chi connectivity index (χ2v) is 3.80. The maximum absolute atomic E-state index is 11.3. The SMILES string of the molecule is COc1cc(N)ccc1OCCC(=O)N(C)C. The monoisotopic (exact) mass is 238 g/mol. The van der Waals surface area contributed by atoms with Crippen LogP contribution in [0, 0.1) is 0 Å². The zero-order chi connectivity index (χ0) is 12.8. The van der Waals surface area contributed by atoms with Gasteiger partial charge < -0.3 is 20.1 Å². The Kier molecular flexibility index (Phi) is 4.63. The van der Waals surface area contributed by atoms with Gasteiger partial charge in [0.1, 0.15) is 0 Å². The molecule has 0 bridgehead atoms. The molecule has 1 aromatic carbocycles. The molecule has 5 nitrogen and oxygen atoms in total. The number of carbonyl (C=O) groups is 1. The van der Waals surface area contributed by atoms with Gasteiger partial charge in [0.25, 0.3) is 0 Å². The zero-order valence-electron chi connectivity index (χ0n) is 10.4. The standard InChI is InChI=1S/C12H18N2O3/c1-14(2)12(15)6-7-17-10-5-4-9(13)8-11(10)16-3/h4-5,8H,6-7,13H2,1-3H3. The topological polar surface area (TPSA) is 64.8 Å². The van der Waals surface area contributed by atoms with E-state index in [-0.39, 0.29) is 5.91 Å². The van der Waals surface area contributed by atoms with E-state index in [1.54, 1.807) is 39.4 Å². The Labute approximate surface area is 101 Å². The van der Waals surface area contributed by atoms with Crippen molar-refractivity contribution in [3.05, 3.63) is 18.2 Å². The molecule has 0 aromatic heterocycles. The van der Waals surface area contributed by atoms with Crippen molar-refractivity contribution in [3.63, 3.8) is 0 Å². The molecule has 0 fully saturated rings. The minimum atomic E-state index is 0.0272. The number of benzene rings is 1. The van der Waals surface area contributed by atoms with Crippen molar-refractivity contribution < 1.29 is 14.3 Å². The van der Waals surface area contributed by atoms with Crippen LogP contribution >= 0.6 is 0 Å². The van der Waals surface area contributed by atoms with Crippen LogP contribution in [-0.2, 0) is 4.79 Å². The normalized spacial score (nSPS) is 9.82. The number of ether oxygens (including phenoxy) is 2. The van der Waals surface area contributed by atoms with E-state index in [4.69, 9.17) is 15.2 Å². The van der Waals surface area contributed by atoms with Crippen molar-refractivity contribution in [2.75, 3.05) is 33.5 Å². The highest BCUT2D eigenvalue weighted by Gasteiger charge is 2.07. The Hall–Kier alpha value is -1.91. The summed E-state index contributed by atoms with van der Waals surface area (Å²) >= 11 is 0. The predicted molar refractivity (Wildman–Crippen MR) is 66.2 cm³/mol. The molecule has 0 aliphatic heterocycles. The minimum Gasteiger partial charge on any atom is -0.493 e. The van der Waals surface area contributed by atoms with Crippen LogP contribution in [0.15, 0.2) is 18.2 Å². The van der Waals surface area contributed by atoms with E-state index in [9.17, 15) is 4.79 Å². The smallest absolute Gasteiger partial charge is 0.225 e. The number of amides is 1. The van der Waals surface area contributed by atoms with Gasteiger partial charge in [-0.1, -0.05) is 0 Å². The molecule has 0 saturated carbocycles. The lowest BCUT2D eigenvalue weighted by atomic mass is 10.3. The van der Waals surface area contributed by atoms with Gasteiger partial charge in [-0.2, -0.15) is 0 Å². The maximum atomic E-state index is 11.3. The minimum absolute atomic E-state index is 0.0272. The van der Waals surface area contributed by atoms with Gasteiger partial charge in [0.15, 0.2) is 11.5 Å². The van der Waals surface area contributed by atoms with Gasteiger partial charge in [0.05, 0.1) is 20.1 Å². The second-order valence-electron chi connectivity index (χ2n) is 3.80. The van der Waals surface area contributed by atoms with Gasteiger partial charge in [-0.15, -0.1) is 0 Å². The highest BCUT2D eigenvalue weighted by Crippen LogP contribution is 2.28. The molecule has 0 saturated heterocycles. The summed E-state index contributed by atoms with van der Waals surface area (Å²) in [6, 6.07) is 5.14. The zero-order valence-corrected chi connectivity index (χ0v) is 10.4. The van der Waals surface area contributed by atoms with Gasteiger partial charge in [-0.3, -0.25) is 4.79 Å². The van der Waals surface area contributed by atoms with Gasteiger partial charge in [-0.25, -0.2) is 0 Å². The lowest BCUT2D eigenvalue weighted by molar-refractivity contribution is -0.129. The van der Waals surface area contributed by atoms with Crippen LogP contribution in [-0.4, -0.2) is 38.6 Å². The fraction of sp³-hybridized carbons (Fsp3) is 0.417. The Bertz CT molecular complexity index is 391. The molecule has 0 radical (unpaired) electrons. The maximum Gasteiger partial charge on any atom is 0.225 e. The van der Waals surface area contributed by atoms with Crippen LogP contribution in [0.3, 0.4) is 0 Å². The first kappa shape index (κ1) is 13.2. The molecule has 1 aromatic rings. The fourth-order valence-electron chi connectivity index (χ4n) is 1.28. The van der Waals surface area contributed by atoms with Crippen LogP contribution in [0.2, 0.25) is 0 Å². The first-order chi connectivity index (χ1) is 8.04. The molecular weight excluding hydrogens is 220 g/mol. The largest absolute Gasteiger partial charge is 0.493 e. The number of hydrogen-bond donors (Lipinski definition) is 1. The summed E-state index contributed by atoms with van der Waals surface area (Å²) in [5.41, 5.74) is 6.23. The Morgan fingerprint density at radius 2 is 2.06 bits per heavy atom. The molecule has 2 N–H and O–H groups in total. The number of carbonyl (C=O) groups excluding carboxylic acids is 1. The van der Waals surface area contributed by atoms with E-state index >= 15 is 0 Å². The number of rotatable bonds is 5. The quantitative estimate of drug-likeness (QED) is 0.781. The van der Waals surface area contributed by atoms with Gasteiger partial charge in [0, 0.05) is 25.8 Å². The highest BCUT2D eigenvalue weighted by molar-refractivity contribution is 5.75. The number of nitrogens with two attached hydrogens (primary N) is 1. The summed E-state index contributed by atoms with van der Waals surface area (Å²) in [4.78, 5) is 12.9.